The van der Waals surface area contributed by atoms with Gasteiger partial charge in [0.2, 0.25) is 0 Å². The van der Waals surface area contributed by atoms with E-state index in [1.54, 1.807) is 0 Å². The van der Waals surface area contributed by atoms with Crippen molar-refractivity contribution in [1.29, 1.82) is 0 Å². The Kier molecular flexibility index (Phi) is 4.14. The van der Waals surface area contributed by atoms with Crippen molar-refractivity contribution < 1.29 is 0 Å². The minimum Gasteiger partial charge on any atom is -0.362 e. The quantitative estimate of drug-likeness (QED) is 0.850. The lowest BCUT2D eigenvalue weighted by molar-refractivity contribution is 0.265. The molecular formula is C14H25N3S. The Balaban J connectivity index is 1.50. The number of hydrogen-bond acceptors (Lipinski definition) is 3. The molecule has 2 heterocycles. The largest absolute Gasteiger partial charge is 0.362 e. The second-order valence-corrected chi connectivity index (χ2v) is 7.00. The maximum atomic E-state index is 4.81. The highest BCUT2D eigenvalue weighted by atomic mass is 32.2. The summed E-state index contributed by atoms with van der Waals surface area (Å²) in [6.45, 7) is 5.84. The third-order valence-electron chi connectivity index (χ3n) is 4.67. The fourth-order valence-electron chi connectivity index (χ4n) is 3.42. The van der Waals surface area contributed by atoms with E-state index in [1.807, 2.05) is 11.8 Å². The number of nitrogens with one attached hydrogen (secondary N) is 1. The summed E-state index contributed by atoms with van der Waals surface area (Å²) in [4.78, 5) is 7.39. The number of hydrogen-bond donors (Lipinski definition) is 1. The number of fused-ring (bicyclic) bond motifs is 1. The molecule has 1 aliphatic carbocycles. The van der Waals surface area contributed by atoms with Gasteiger partial charge < -0.3 is 5.32 Å². The Morgan fingerprint density at radius 1 is 1.33 bits per heavy atom. The molecule has 0 radical (unpaired) electrons. The van der Waals surface area contributed by atoms with E-state index in [1.165, 1.54) is 56.1 Å². The van der Waals surface area contributed by atoms with Gasteiger partial charge in [0.05, 0.1) is 6.54 Å². The number of nitrogens with zero attached hydrogens (tertiary/aromatic N) is 2. The monoisotopic (exact) mass is 267 g/mol. The molecule has 2 aliphatic heterocycles. The first-order valence-electron chi connectivity index (χ1n) is 7.51. The molecule has 0 amide bonds. The molecule has 18 heavy (non-hydrogen) atoms. The van der Waals surface area contributed by atoms with Crippen molar-refractivity contribution >= 4 is 16.9 Å². The number of aliphatic imine (C=N–C) groups is 1. The van der Waals surface area contributed by atoms with E-state index in [0.717, 1.165) is 18.5 Å². The normalized spacial score (nSPS) is 36.6. The smallest absolute Gasteiger partial charge is 0.156 e. The Morgan fingerprint density at radius 3 is 3.00 bits per heavy atom. The molecule has 1 saturated carbocycles. The second-order valence-electron chi connectivity index (χ2n) is 5.99. The fraction of sp³-hybridized carbons (Fsp3) is 0.929. The van der Waals surface area contributed by atoms with Gasteiger partial charge in [-0.1, -0.05) is 18.2 Å². The van der Waals surface area contributed by atoms with Crippen molar-refractivity contribution in [2.45, 2.75) is 51.1 Å². The number of rotatable bonds is 3. The Hall–Kier alpha value is -0.220. The van der Waals surface area contributed by atoms with Crippen LogP contribution in [0.5, 0.6) is 0 Å². The maximum absolute atomic E-state index is 4.81. The summed E-state index contributed by atoms with van der Waals surface area (Å²) >= 11 is 1.94. The Labute approximate surface area is 115 Å². The van der Waals surface area contributed by atoms with Crippen molar-refractivity contribution in [3.63, 3.8) is 0 Å². The summed E-state index contributed by atoms with van der Waals surface area (Å²) in [7, 11) is 0. The lowest BCUT2D eigenvalue weighted by Gasteiger charge is -2.29. The van der Waals surface area contributed by atoms with Crippen LogP contribution in [0.1, 0.15) is 39.0 Å². The van der Waals surface area contributed by atoms with Crippen LogP contribution in [0.2, 0.25) is 0 Å². The second kappa shape index (κ2) is 5.83. The van der Waals surface area contributed by atoms with Gasteiger partial charge in [0.1, 0.15) is 0 Å². The lowest BCUT2D eigenvalue weighted by atomic mass is 10.1. The van der Waals surface area contributed by atoms with Crippen molar-refractivity contribution in [3.8, 4) is 0 Å². The molecule has 102 valence electrons. The van der Waals surface area contributed by atoms with Gasteiger partial charge in [-0.15, -0.1) is 0 Å². The van der Waals surface area contributed by atoms with Crippen LogP contribution in [0.25, 0.3) is 0 Å². The molecule has 0 aromatic heterocycles. The minimum absolute atomic E-state index is 0.615. The summed E-state index contributed by atoms with van der Waals surface area (Å²) in [5.41, 5.74) is 0. The van der Waals surface area contributed by atoms with E-state index in [4.69, 9.17) is 4.99 Å². The molecule has 0 spiro atoms. The summed E-state index contributed by atoms with van der Waals surface area (Å²) in [6.07, 6.45) is 6.92. The van der Waals surface area contributed by atoms with Gasteiger partial charge in [0, 0.05) is 17.8 Å². The lowest BCUT2D eigenvalue weighted by Crippen LogP contribution is -2.42. The predicted octanol–water partition coefficient (Wildman–Crippen LogP) is 2.33. The van der Waals surface area contributed by atoms with Crippen LogP contribution in [0.15, 0.2) is 4.99 Å². The predicted molar refractivity (Wildman–Crippen MR) is 79.3 cm³/mol. The molecule has 3 atom stereocenters. The van der Waals surface area contributed by atoms with E-state index >= 15 is 0 Å². The zero-order valence-corrected chi connectivity index (χ0v) is 12.2. The molecular weight excluding hydrogens is 242 g/mol. The summed E-state index contributed by atoms with van der Waals surface area (Å²) in [5.74, 6) is 2.19. The van der Waals surface area contributed by atoms with Crippen LogP contribution in [-0.4, -0.2) is 47.5 Å². The van der Waals surface area contributed by atoms with E-state index in [2.05, 4.69) is 17.1 Å². The highest BCUT2D eigenvalue weighted by Gasteiger charge is 2.32. The van der Waals surface area contributed by atoms with Crippen molar-refractivity contribution in [3.05, 3.63) is 0 Å². The summed E-state index contributed by atoms with van der Waals surface area (Å²) in [6, 6.07) is 1.34. The van der Waals surface area contributed by atoms with E-state index in [0.29, 0.717) is 6.04 Å². The SMILES string of the molecule is CC(CN=C1NC2CCCC2CS1)N1CCCC1. The zero-order valence-electron chi connectivity index (χ0n) is 11.4. The van der Waals surface area contributed by atoms with Gasteiger partial charge in [-0.2, -0.15) is 0 Å². The van der Waals surface area contributed by atoms with E-state index in [9.17, 15) is 0 Å². The third kappa shape index (κ3) is 2.85. The topological polar surface area (TPSA) is 27.6 Å². The first-order chi connectivity index (χ1) is 8.83. The van der Waals surface area contributed by atoms with Crippen molar-refractivity contribution in [2.75, 3.05) is 25.4 Å². The van der Waals surface area contributed by atoms with Crippen LogP contribution in [0, 0.1) is 5.92 Å². The highest BCUT2D eigenvalue weighted by Crippen LogP contribution is 2.32. The van der Waals surface area contributed by atoms with Gasteiger partial charge in [-0.3, -0.25) is 9.89 Å². The molecule has 3 unspecified atom stereocenters. The first kappa shape index (κ1) is 12.8. The van der Waals surface area contributed by atoms with Gasteiger partial charge in [0.25, 0.3) is 0 Å². The van der Waals surface area contributed by atoms with Crippen molar-refractivity contribution in [2.24, 2.45) is 10.9 Å². The maximum Gasteiger partial charge on any atom is 0.156 e. The van der Waals surface area contributed by atoms with Crippen LogP contribution in [-0.2, 0) is 0 Å². The van der Waals surface area contributed by atoms with Gasteiger partial charge in [-0.25, -0.2) is 0 Å². The van der Waals surface area contributed by atoms with E-state index < -0.39 is 0 Å². The molecule has 3 aliphatic rings. The molecule has 0 aromatic carbocycles. The Bertz CT molecular complexity index is 312. The summed E-state index contributed by atoms with van der Waals surface area (Å²) < 4.78 is 0. The third-order valence-corrected chi connectivity index (χ3v) is 5.78. The molecule has 0 bridgehead atoms. The van der Waals surface area contributed by atoms with Crippen LogP contribution < -0.4 is 5.32 Å². The molecule has 0 aromatic rings. The van der Waals surface area contributed by atoms with Gasteiger partial charge in [-0.05, 0) is 51.6 Å². The van der Waals surface area contributed by atoms with Gasteiger partial charge >= 0.3 is 0 Å². The molecule has 3 fully saturated rings. The average Bonchev–Trinajstić information content (AvgIpc) is 3.05. The van der Waals surface area contributed by atoms with Gasteiger partial charge in [0.15, 0.2) is 5.17 Å². The van der Waals surface area contributed by atoms with Crippen LogP contribution in [0.3, 0.4) is 0 Å². The van der Waals surface area contributed by atoms with Crippen molar-refractivity contribution in [1.82, 2.24) is 10.2 Å². The standard InChI is InChI=1S/C14H25N3S/c1-11(17-7-2-3-8-17)9-15-14-16-13-6-4-5-12(13)10-18-14/h11-13H,2-10H2,1H3,(H,15,16). The first-order valence-corrected chi connectivity index (χ1v) is 8.49. The molecule has 1 N–H and O–H groups in total. The molecule has 4 heteroatoms. The number of amidine groups is 1. The fourth-order valence-corrected chi connectivity index (χ4v) is 4.59. The average molecular weight is 267 g/mol. The minimum atomic E-state index is 0.615. The van der Waals surface area contributed by atoms with Crippen LogP contribution in [0.4, 0.5) is 0 Å². The molecule has 3 nitrogen and oxygen atoms in total. The summed E-state index contributed by atoms with van der Waals surface area (Å²) in [5, 5.41) is 4.87. The number of likely N-dealkylation sites (tertiary alicyclic amines) is 1. The number of thioether (sulfide) groups is 1. The highest BCUT2D eigenvalue weighted by molar-refractivity contribution is 8.13. The zero-order chi connectivity index (χ0) is 12.4. The molecule has 2 saturated heterocycles. The Morgan fingerprint density at radius 2 is 2.17 bits per heavy atom. The molecule has 3 rings (SSSR count). The van der Waals surface area contributed by atoms with Crippen LogP contribution >= 0.6 is 11.8 Å². The van der Waals surface area contributed by atoms with E-state index in [-0.39, 0.29) is 0 Å².